The van der Waals surface area contributed by atoms with Gasteiger partial charge in [0, 0.05) is 18.8 Å². The van der Waals surface area contributed by atoms with Crippen LogP contribution in [0, 0.1) is 5.92 Å². The van der Waals surface area contributed by atoms with E-state index in [2.05, 4.69) is 30.4 Å². The maximum atomic E-state index is 11.8. The Morgan fingerprint density at radius 2 is 2.05 bits per heavy atom. The van der Waals surface area contributed by atoms with E-state index in [1.165, 1.54) is 43.2 Å². The molecule has 1 aliphatic carbocycles. The van der Waals surface area contributed by atoms with Gasteiger partial charge in [-0.1, -0.05) is 38.3 Å². The van der Waals surface area contributed by atoms with Crippen molar-refractivity contribution in [2.45, 2.75) is 51.5 Å². The van der Waals surface area contributed by atoms with Crippen LogP contribution < -0.4 is 10.2 Å². The van der Waals surface area contributed by atoms with Gasteiger partial charge in [-0.3, -0.25) is 4.79 Å². The molecule has 1 fully saturated rings. The third kappa shape index (κ3) is 2.84. The Labute approximate surface area is 127 Å². The largest absolute Gasteiger partial charge is 0.315 e. The minimum absolute atomic E-state index is 0.208. The smallest absolute Gasteiger partial charge is 0.231 e. The molecule has 1 heterocycles. The van der Waals surface area contributed by atoms with Gasteiger partial charge in [-0.2, -0.15) is 0 Å². The van der Waals surface area contributed by atoms with Gasteiger partial charge in [0.2, 0.25) is 5.91 Å². The second-order valence-electron chi connectivity index (χ2n) is 6.45. The molecule has 1 atom stereocenters. The zero-order chi connectivity index (χ0) is 14.8. The number of fused-ring (bicyclic) bond motifs is 1. The number of hydrogen-bond acceptors (Lipinski definition) is 2. The number of rotatable bonds is 4. The second kappa shape index (κ2) is 6.18. The van der Waals surface area contributed by atoms with E-state index in [1.54, 1.807) is 4.90 Å². The highest BCUT2D eigenvalue weighted by molar-refractivity contribution is 6.00. The molecule has 0 saturated heterocycles. The Bertz CT molecular complexity index is 520. The standard InChI is InChI=1S/C18H26N2O/c1-3-19-18(13-7-5-4-6-8-13)14-9-10-16-15(11-14)12-17(21)20(16)2/h9-11,13,18-19H,3-8,12H2,1-2H3. The maximum Gasteiger partial charge on any atom is 0.231 e. The predicted molar refractivity (Wildman–Crippen MR) is 86.5 cm³/mol. The minimum Gasteiger partial charge on any atom is -0.315 e. The van der Waals surface area contributed by atoms with Gasteiger partial charge in [0.05, 0.1) is 6.42 Å². The fraction of sp³-hybridized carbons (Fsp3) is 0.611. The Morgan fingerprint density at radius 1 is 1.29 bits per heavy atom. The molecule has 0 bridgehead atoms. The maximum absolute atomic E-state index is 11.8. The minimum atomic E-state index is 0.208. The highest BCUT2D eigenvalue weighted by Crippen LogP contribution is 2.37. The summed E-state index contributed by atoms with van der Waals surface area (Å²) in [5, 5.41) is 3.68. The van der Waals surface area contributed by atoms with Crippen molar-refractivity contribution in [3.8, 4) is 0 Å². The number of anilines is 1. The summed E-state index contributed by atoms with van der Waals surface area (Å²) < 4.78 is 0. The number of hydrogen-bond donors (Lipinski definition) is 1. The molecule has 0 radical (unpaired) electrons. The Balaban J connectivity index is 1.86. The number of nitrogens with zero attached hydrogens (tertiary/aromatic N) is 1. The Kier molecular flexibility index (Phi) is 4.29. The van der Waals surface area contributed by atoms with E-state index in [4.69, 9.17) is 0 Å². The van der Waals surface area contributed by atoms with Gasteiger partial charge >= 0.3 is 0 Å². The first kappa shape index (κ1) is 14.6. The van der Waals surface area contributed by atoms with Gasteiger partial charge in [0.25, 0.3) is 0 Å². The summed E-state index contributed by atoms with van der Waals surface area (Å²) in [4.78, 5) is 13.6. The van der Waals surface area contributed by atoms with Crippen LogP contribution in [0.25, 0.3) is 0 Å². The van der Waals surface area contributed by atoms with Crippen molar-refractivity contribution < 1.29 is 4.79 Å². The fourth-order valence-corrected chi connectivity index (χ4v) is 3.93. The molecule has 1 amide bonds. The molecule has 1 aliphatic heterocycles. The fourth-order valence-electron chi connectivity index (χ4n) is 3.93. The lowest BCUT2D eigenvalue weighted by Gasteiger charge is -2.31. The van der Waals surface area contributed by atoms with Crippen molar-refractivity contribution >= 4 is 11.6 Å². The lowest BCUT2D eigenvalue weighted by atomic mass is 9.80. The summed E-state index contributed by atoms with van der Waals surface area (Å²) in [6.07, 6.45) is 7.32. The van der Waals surface area contributed by atoms with E-state index in [9.17, 15) is 4.79 Å². The summed E-state index contributed by atoms with van der Waals surface area (Å²) in [6, 6.07) is 7.05. The second-order valence-corrected chi connectivity index (χ2v) is 6.45. The first-order chi connectivity index (χ1) is 10.2. The predicted octanol–water partition coefficient (Wildman–Crippen LogP) is 3.44. The quantitative estimate of drug-likeness (QED) is 0.919. The number of carbonyl (C=O) groups excluding carboxylic acids is 1. The number of amides is 1. The average molecular weight is 286 g/mol. The van der Waals surface area contributed by atoms with Gasteiger partial charge in [-0.15, -0.1) is 0 Å². The first-order valence-electron chi connectivity index (χ1n) is 8.33. The number of carbonyl (C=O) groups is 1. The van der Waals surface area contributed by atoms with Crippen LogP contribution in [0.15, 0.2) is 18.2 Å². The molecule has 1 N–H and O–H groups in total. The van der Waals surface area contributed by atoms with E-state index >= 15 is 0 Å². The molecular formula is C18H26N2O. The molecule has 0 spiro atoms. The van der Waals surface area contributed by atoms with Gasteiger partial charge in [0.1, 0.15) is 0 Å². The van der Waals surface area contributed by atoms with Crippen LogP contribution in [0.3, 0.4) is 0 Å². The highest BCUT2D eigenvalue weighted by Gasteiger charge is 2.28. The zero-order valence-corrected chi connectivity index (χ0v) is 13.2. The summed E-state index contributed by atoms with van der Waals surface area (Å²) >= 11 is 0. The molecule has 1 unspecified atom stereocenters. The highest BCUT2D eigenvalue weighted by atomic mass is 16.2. The molecule has 2 aliphatic rings. The molecule has 21 heavy (non-hydrogen) atoms. The number of benzene rings is 1. The van der Waals surface area contributed by atoms with Crippen LogP contribution in [0.1, 0.15) is 56.2 Å². The summed E-state index contributed by atoms with van der Waals surface area (Å²) in [6.45, 7) is 3.18. The van der Waals surface area contributed by atoms with Crippen molar-refractivity contribution in [1.29, 1.82) is 0 Å². The normalized spacial score (nSPS) is 20.7. The van der Waals surface area contributed by atoms with E-state index in [-0.39, 0.29) is 5.91 Å². The molecule has 3 rings (SSSR count). The summed E-state index contributed by atoms with van der Waals surface area (Å²) in [5.74, 6) is 0.950. The first-order valence-corrected chi connectivity index (χ1v) is 8.33. The van der Waals surface area contributed by atoms with Gasteiger partial charge in [0.15, 0.2) is 0 Å². The third-order valence-electron chi connectivity index (χ3n) is 5.09. The molecule has 1 aromatic rings. The van der Waals surface area contributed by atoms with Crippen LogP contribution in [-0.4, -0.2) is 19.5 Å². The van der Waals surface area contributed by atoms with Gasteiger partial charge in [-0.05, 0) is 42.5 Å². The van der Waals surface area contributed by atoms with E-state index in [0.29, 0.717) is 12.5 Å². The lowest BCUT2D eigenvalue weighted by Crippen LogP contribution is -2.29. The van der Waals surface area contributed by atoms with E-state index in [1.807, 2.05) is 7.05 Å². The summed E-state index contributed by atoms with van der Waals surface area (Å²) in [5.41, 5.74) is 3.65. The van der Waals surface area contributed by atoms with Gasteiger partial charge < -0.3 is 10.2 Å². The monoisotopic (exact) mass is 286 g/mol. The van der Waals surface area contributed by atoms with E-state index < -0.39 is 0 Å². The molecule has 3 heteroatoms. The molecule has 114 valence electrons. The van der Waals surface area contributed by atoms with Crippen LogP contribution >= 0.6 is 0 Å². The molecule has 1 aromatic carbocycles. The Hall–Kier alpha value is -1.35. The van der Waals surface area contributed by atoms with Crippen molar-refractivity contribution in [2.24, 2.45) is 5.92 Å². The molecule has 3 nitrogen and oxygen atoms in total. The molecule has 0 aromatic heterocycles. The number of likely N-dealkylation sites (N-methyl/N-ethyl adjacent to an activating group) is 1. The molecular weight excluding hydrogens is 260 g/mol. The van der Waals surface area contributed by atoms with Crippen LogP contribution in [0.5, 0.6) is 0 Å². The topological polar surface area (TPSA) is 32.3 Å². The van der Waals surface area contributed by atoms with Gasteiger partial charge in [-0.25, -0.2) is 0 Å². The van der Waals surface area contributed by atoms with Crippen molar-refractivity contribution in [3.63, 3.8) is 0 Å². The Morgan fingerprint density at radius 3 is 2.76 bits per heavy atom. The van der Waals surface area contributed by atoms with Crippen molar-refractivity contribution in [1.82, 2.24) is 5.32 Å². The van der Waals surface area contributed by atoms with E-state index in [0.717, 1.165) is 18.2 Å². The zero-order valence-electron chi connectivity index (χ0n) is 13.2. The molecule has 1 saturated carbocycles. The third-order valence-corrected chi connectivity index (χ3v) is 5.09. The van der Waals surface area contributed by atoms with Crippen LogP contribution in [0.4, 0.5) is 5.69 Å². The van der Waals surface area contributed by atoms with Crippen LogP contribution in [-0.2, 0) is 11.2 Å². The average Bonchev–Trinajstić information content (AvgIpc) is 2.80. The SMILES string of the molecule is CCNC(c1ccc2c(c1)CC(=O)N2C)C1CCCCC1. The lowest BCUT2D eigenvalue weighted by molar-refractivity contribution is -0.117. The van der Waals surface area contributed by atoms with Crippen molar-refractivity contribution in [2.75, 3.05) is 18.5 Å². The van der Waals surface area contributed by atoms with Crippen LogP contribution in [0.2, 0.25) is 0 Å². The number of nitrogens with one attached hydrogen (secondary N) is 1. The van der Waals surface area contributed by atoms with Crippen molar-refractivity contribution in [3.05, 3.63) is 29.3 Å². The summed E-state index contributed by atoms with van der Waals surface area (Å²) in [7, 11) is 1.87.